The molecular weight excluding hydrogens is 395 g/mol. The first kappa shape index (κ1) is 21.3. The summed E-state index contributed by atoms with van der Waals surface area (Å²) in [5.41, 5.74) is 0.0287. The van der Waals surface area contributed by atoms with Crippen LogP contribution in [0.2, 0.25) is 0 Å². The maximum atomic E-state index is 14.3. The topological polar surface area (TPSA) is 75.7 Å². The minimum atomic E-state index is -3.84. The van der Waals surface area contributed by atoms with Crippen molar-refractivity contribution in [1.29, 1.82) is 0 Å². The number of methoxy groups -OCH3 is 1. The average molecular weight is 421 g/mol. The van der Waals surface area contributed by atoms with Crippen molar-refractivity contribution in [3.63, 3.8) is 0 Å². The maximum absolute atomic E-state index is 14.3. The molecule has 8 heteroatoms. The first-order valence-electron chi connectivity index (χ1n) is 9.56. The molecule has 2 aromatic rings. The smallest absolute Gasteiger partial charge is 0.258 e. The van der Waals surface area contributed by atoms with E-state index in [1.165, 1.54) is 17.5 Å². The predicted molar refractivity (Wildman–Crippen MR) is 109 cm³/mol. The van der Waals surface area contributed by atoms with Gasteiger partial charge in [-0.2, -0.15) is 4.31 Å². The van der Waals surface area contributed by atoms with Gasteiger partial charge in [-0.15, -0.1) is 0 Å². The van der Waals surface area contributed by atoms with Crippen molar-refractivity contribution in [2.75, 3.05) is 19.5 Å². The number of halogens is 1. The summed E-state index contributed by atoms with van der Waals surface area (Å²) in [5.74, 6) is -1.12. The largest absolute Gasteiger partial charge is 0.495 e. The number of benzene rings is 2. The molecule has 0 aliphatic heterocycles. The van der Waals surface area contributed by atoms with Crippen LogP contribution < -0.4 is 10.1 Å². The Hall–Kier alpha value is -2.45. The highest BCUT2D eigenvalue weighted by atomic mass is 32.2. The van der Waals surface area contributed by atoms with Gasteiger partial charge in [0.15, 0.2) is 0 Å². The van der Waals surface area contributed by atoms with Crippen molar-refractivity contribution in [2.24, 2.45) is 0 Å². The lowest BCUT2D eigenvalue weighted by atomic mass is 9.96. The predicted octanol–water partition coefficient (Wildman–Crippen LogP) is 4.04. The van der Waals surface area contributed by atoms with E-state index >= 15 is 0 Å². The van der Waals surface area contributed by atoms with Gasteiger partial charge in [0.1, 0.15) is 11.6 Å². The number of para-hydroxylation sites is 2. The summed E-state index contributed by atoms with van der Waals surface area (Å²) in [6.07, 6.45) is 4.69. The number of sulfonamides is 1. The number of anilines is 1. The summed E-state index contributed by atoms with van der Waals surface area (Å²) >= 11 is 0. The molecule has 0 heterocycles. The number of carbonyl (C=O) groups excluding carboxylic acids is 1. The quantitative estimate of drug-likeness (QED) is 0.765. The van der Waals surface area contributed by atoms with Crippen molar-refractivity contribution < 1.29 is 22.3 Å². The van der Waals surface area contributed by atoms with Gasteiger partial charge in [0.25, 0.3) is 5.91 Å². The van der Waals surface area contributed by atoms with Crippen molar-refractivity contribution in [3.05, 3.63) is 53.8 Å². The second-order valence-corrected chi connectivity index (χ2v) is 9.11. The zero-order valence-corrected chi connectivity index (χ0v) is 17.3. The summed E-state index contributed by atoms with van der Waals surface area (Å²) in [6, 6.07) is 9.94. The normalized spacial score (nSPS) is 15.3. The Morgan fingerprint density at radius 2 is 1.83 bits per heavy atom. The summed E-state index contributed by atoms with van der Waals surface area (Å²) in [6.45, 7) is 0. The van der Waals surface area contributed by atoms with Gasteiger partial charge >= 0.3 is 0 Å². The van der Waals surface area contributed by atoms with Crippen LogP contribution in [0.1, 0.15) is 42.5 Å². The highest BCUT2D eigenvalue weighted by Gasteiger charge is 2.30. The molecule has 1 aliphatic rings. The Bertz CT molecular complexity index is 988. The number of nitrogens with one attached hydrogen (secondary N) is 1. The van der Waals surface area contributed by atoms with E-state index in [1.807, 2.05) is 0 Å². The van der Waals surface area contributed by atoms with Crippen LogP contribution in [0.3, 0.4) is 0 Å². The Morgan fingerprint density at radius 1 is 1.14 bits per heavy atom. The van der Waals surface area contributed by atoms with Crippen molar-refractivity contribution in [2.45, 2.75) is 43.0 Å². The monoisotopic (exact) mass is 420 g/mol. The van der Waals surface area contributed by atoms with Crippen LogP contribution in [0.25, 0.3) is 0 Å². The van der Waals surface area contributed by atoms with Crippen LogP contribution in [-0.2, 0) is 10.0 Å². The lowest BCUT2D eigenvalue weighted by Gasteiger charge is -2.30. The molecule has 29 heavy (non-hydrogen) atoms. The molecule has 3 rings (SSSR count). The molecule has 1 fully saturated rings. The van der Waals surface area contributed by atoms with Crippen LogP contribution >= 0.6 is 0 Å². The molecule has 0 saturated heterocycles. The van der Waals surface area contributed by atoms with Crippen LogP contribution in [0.4, 0.5) is 10.1 Å². The SMILES string of the molecule is COc1ccccc1NC(=O)c1cc(S(=O)(=O)N(C)C2CCCCC2)ccc1F. The molecule has 0 spiro atoms. The minimum Gasteiger partial charge on any atom is -0.495 e. The van der Waals surface area contributed by atoms with E-state index in [9.17, 15) is 17.6 Å². The standard InChI is InChI=1S/C21H25FN2O4S/c1-24(15-8-4-3-5-9-15)29(26,27)16-12-13-18(22)17(14-16)21(25)23-19-10-6-7-11-20(19)28-2/h6-7,10-15H,3-5,8-9H2,1-2H3,(H,23,25). The molecule has 0 bridgehead atoms. The van der Waals surface area contributed by atoms with E-state index < -0.39 is 21.7 Å². The summed E-state index contributed by atoms with van der Waals surface area (Å²) in [5, 5.41) is 2.58. The lowest BCUT2D eigenvalue weighted by molar-refractivity contribution is 0.102. The first-order valence-corrected chi connectivity index (χ1v) is 11.0. The fourth-order valence-corrected chi connectivity index (χ4v) is 5.03. The third kappa shape index (κ3) is 4.59. The molecule has 1 saturated carbocycles. The van der Waals surface area contributed by atoms with Gasteiger partial charge in [0.2, 0.25) is 10.0 Å². The molecule has 0 radical (unpaired) electrons. The molecule has 1 amide bonds. The fraction of sp³-hybridized carbons (Fsp3) is 0.381. The van der Waals surface area contributed by atoms with Gasteiger partial charge in [0, 0.05) is 13.1 Å². The average Bonchev–Trinajstić information content (AvgIpc) is 2.74. The van der Waals surface area contributed by atoms with Gasteiger partial charge in [-0.25, -0.2) is 12.8 Å². The molecular formula is C21H25FN2O4S. The van der Waals surface area contributed by atoms with Crippen LogP contribution in [0, 0.1) is 5.82 Å². The van der Waals surface area contributed by atoms with Crippen molar-refractivity contribution in [1.82, 2.24) is 4.31 Å². The van der Waals surface area contributed by atoms with Gasteiger partial charge in [0.05, 0.1) is 23.3 Å². The number of hydrogen-bond donors (Lipinski definition) is 1. The highest BCUT2D eigenvalue weighted by Crippen LogP contribution is 2.28. The summed E-state index contributed by atoms with van der Waals surface area (Å²) < 4.78 is 46.9. The molecule has 1 aliphatic carbocycles. The molecule has 1 N–H and O–H groups in total. The molecule has 0 atom stereocenters. The molecule has 0 aromatic heterocycles. The Balaban J connectivity index is 1.88. The molecule has 156 valence electrons. The van der Waals surface area contributed by atoms with E-state index in [0.717, 1.165) is 44.2 Å². The fourth-order valence-electron chi connectivity index (χ4n) is 3.58. The van der Waals surface area contributed by atoms with Crippen LogP contribution in [0.5, 0.6) is 5.75 Å². The Labute approximate surface area is 170 Å². The second-order valence-electron chi connectivity index (χ2n) is 7.11. The van der Waals surface area contributed by atoms with Gasteiger partial charge in [-0.1, -0.05) is 31.4 Å². The van der Waals surface area contributed by atoms with E-state index in [4.69, 9.17) is 4.74 Å². The minimum absolute atomic E-state index is 0.0790. The number of amides is 1. The Morgan fingerprint density at radius 3 is 2.52 bits per heavy atom. The van der Waals surface area contributed by atoms with E-state index in [2.05, 4.69) is 5.32 Å². The number of hydrogen-bond acceptors (Lipinski definition) is 4. The number of ether oxygens (including phenoxy) is 1. The van der Waals surface area contributed by atoms with Crippen molar-refractivity contribution >= 4 is 21.6 Å². The first-order chi connectivity index (χ1) is 13.8. The maximum Gasteiger partial charge on any atom is 0.258 e. The zero-order valence-electron chi connectivity index (χ0n) is 16.5. The van der Waals surface area contributed by atoms with Crippen LogP contribution in [0.15, 0.2) is 47.4 Å². The van der Waals surface area contributed by atoms with E-state index in [1.54, 1.807) is 31.3 Å². The molecule has 2 aromatic carbocycles. The number of carbonyl (C=O) groups is 1. The van der Waals surface area contributed by atoms with E-state index in [0.29, 0.717) is 11.4 Å². The van der Waals surface area contributed by atoms with Gasteiger partial charge < -0.3 is 10.1 Å². The summed E-state index contributed by atoms with van der Waals surface area (Å²) in [4.78, 5) is 12.5. The van der Waals surface area contributed by atoms with Crippen molar-refractivity contribution in [3.8, 4) is 5.75 Å². The number of rotatable bonds is 6. The second kappa shape index (κ2) is 8.92. The van der Waals surface area contributed by atoms with Gasteiger partial charge in [-0.3, -0.25) is 4.79 Å². The van der Waals surface area contributed by atoms with Gasteiger partial charge in [-0.05, 0) is 43.2 Å². The molecule has 0 unspecified atom stereocenters. The highest BCUT2D eigenvalue weighted by molar-refractivity contribution is 7.89. The third-order valence-corrected chi connectivity index (χ3v) is 7.21. The zero-order chi connectivity index (χ0) is 21.0. The number of nitrogens with zero attached hydrogens (tertiary/aromatic N) is 1. The summed E-state index contributed by atoms with van der Waals surface area (Å²) in [7, 11) is -0.832. The van der Waals surface area contributed by atoms with Crippen LogP contribution in [-0.4, -0.2) is 38.8 Å². The lowest BCUT2D eigenvalue weighted by Crippen LogP contribution is -2.38. The van der Waals surface area contributed by atoms with E-state index in [-0.39, 0.29) is 16.5 Å². The molecule has 6 nitrogen and oxygen atoms in total. The third-order valence-electron chi connectivity index (χ3n) is 5.30. The Kier molecular flexibility index (Phi) is 6.54.